The van der Waals surface area contributed by atoms with E-state index in [-0.39, 0.29) is 0 Å². The van der Waals surface area contributed by atoms with Gasteiger partial charge < -0.3 is 15.1 Å². The highest BCUT2D eigenvalue weighted by Crippen LogP contribution is 2.33. The van der Waals surface area contributed by atoms with Crippen LogP contribution in [0.3, 0.4) is 0 Å². The molecule has 0 radical (unpaired) electrons. The number of rotatable bonds is 3. The Bertz CT molecular complexity index is 980. The number of anilines is 2. The largest absolute Gasteiger partial charge is 0.371 e. The fraction of sp³-hybridized carbons (Fsp3) is 0.500. The van der Waals surface area contributed by atoms with Crippen LogP contribution in [0.4, 0.5) is 11.4 Å². The van der Waals surface area contributed by atoms with Gasteiger partial charge >= 0.3 is 0 Å². The summed E-state index contributed by atoms with van der Waals surface area (Å²) in [5.41, 5.74) is 5.76. The molecule has 0 saturated carbocycles. The number of aryl methyl sites for hydroxylation is 2. The first-order chi connectivity index (χ1) is 14.2. The summed E-state index contributed by atoms with van der Waals surface area (Å²) in [7, 11) is 1.96. The molecular formula is C22H29N7. The lowest BCUT2D eigenvalue weighted by molar-refractivity contribution is 0.497. The molecule has 0 aromatic carbocycles. The van der Waals surface area contributed by atoms with Crippen molar-refractivity contribution in [1.29, 1.82) is 0 Å². The summed E-state index contributed by atoms with van der Waals surface area (Å²) < 4.78 is 1.86. The molecule has 2 saturated heterocycles. The minimum Gasteiger partial charge on any atom is -0.371 e. The summed E-state index contributed by atoms with van der Waals surface area (Å²) >= 11 is 0. The molecule has 1 N–H and O–H groups in total. The quantitative estimate of drug-likeness (QED) is 0.740. The van der Waals surface area contributed by atoms with E-state index in [0.29, 0.717) is 5.92 Å². The van der Waals surface area contributed by atoms with Gasteiger partial charge in [-0.1, -0.05) is 0 Å². The zero-order chi connectivity index (χ0) is 19.8. The number of nitrogens with one attached hydrogen (secondary N) is 1. The molecule has 0 bridgehead atoms. The highest BCUT2D eigenvalue weighted by atomic mass is 15.3. The van der Waals surface area contributed by atoms with Crippen LogP contribution in [0, 0.1) is 6.92 Å². The molecule has 0 aliphatic carbocycles. The second-order valence-corrected chi connectivity index (χ2v) is 8.23. The molecule has 5 rings (SSSR count). The monoisotopic (exact) mass is 391 g/mol. The Kier molecular flexibility index (Phi) is 4.83. The highest BCUT2D eigenvalue weighted by molar-refractivity contribution is 5.89. The predicted molar refractivity (Wildman–Crippen MR) is 117 cm³/mol. The van der Waals surface area contributed by atoms with E-state index in [9.17, 15) is 0 Å². The van der Waals surface area contributed by atoms with Crippen molar-refractivity contribution in [1.82, 2.24) is 25.1 Å². The van der Waals surface area contributed by atoms with Gasteiger partial charge in [-0.05, 0) is 38.0 Å². The smallest absolute Gasteiger partial charge is 0.159 e. The van der Waals surface area contributed by atoms with Crippen LogP contribution in [0.5, 0.6) is 0 Å². The fourth-order valence-corrected chi connectivity index (χ4v) is 4.65. The van der Waals surface area contributed by atoms with Crippen molar-refractivity contribution in [3.05, 3.63) is 42.0 Å². The van der Waals surface area contributed by atoms with Crippen LogP contribution < -0.4 is 15.1 Å². The molecule has 7 nitrogen and oxygen atoms in total. The summed E-state index contributed by atoms with van der Waals surface area (Å²) in [5, 5.41) is 8.96. The molecule has 7 heteroatoms. The summed E-state index contributed by atoms with van der Waals surface area (Å²) in [6.07, 6.45) is 6.27. The van der Waals surface area contributed by atoms with Gasteiger partial charge in [0.25, 0.3) is 0 Å². The summed E-state index contributed by atoms with van der Waals surface area (Å²) in [4.78, 5) is 14.4. The number of piperidine rings is 1. The molecule has 0 unspecified atom stereocenters. The molecule has 2 fully saturated rings. The molecule has 0 atom stereocenters. The zero-order valence-corrected chi connectivity index (χ0v) is 17.3. The Morgan fingerprint density at radius 1 is 1.00 bits per heavy atom. The average molecular weight is 392 g/mol. The van der Waals surface area contributed by atoms with E-state index in [4.69, 9.17) is 4.98 Å². The first-order valence-electron chi connectivity index (χ1n) is 10.6. The van der Waals surface area contributed by atoms with Gasteiger partial charge in [0.1, 0.15) is 0 Å². The number of nitrogens with zero attached hydrogens (tertiary/aromatic N) is 6. The number of fused-ring (bicyclic) bond motifs is 1. The van der Waals surface area contributed by atoms with E-state index in [1.54, 1.807) is 0 Å². The molecule has 0 spiro atoms. The lowest BCUT2D eigenvalue weighted by Gasteiger charge is -2.34. The van der Waals surface area contributed by atoms with E-state index < -0.39 is 0 Å². The van der Waals surface area contributed by atoms with Crippen molar-refractivity contribution >= 4 is 22.4 Å². The van der Waals surface area contributed by atoms with Crippen LogP contribution in [0.25, 0.3) is 11.0 Å². The van der Waals surface area contributed by atoms with Gasteiger partial charge in [-0.3, -0.25) is 9.67 Å². The summed E-state index contributed by atoms with van der Waals surface area (Å²) in [6.45, 7) is 8.38. The van der Waals surface area contributed by atoms with E-state index in [2.05, 4.69) is 56.5 Å². The van der Waals surface area contributed by atoms with Crippen LogP contribution in [0.15, 0.2) is 30.6 Å². The fourth-order valence-electron chi connectivity index (χ4n) is 4.65. The number of hydrogen-bond acceptors (Lipinski definition) is 6. The summed E-state index contributed by atoms with van der Waals surface area (Å²) in [6, 6.07) is 6.70. The zero-order valence-electron chi connectivity index (χ0n) is 17.3. The number of piperazine rings is 1. The topological polar surface area (TPSA) is 62.1 Å². The number of pyridine rings is 2. The lowest BCUT2D eigenvalue weighted by atomic mass is 9.92. The molecule has 2 aliphatic heterocycles. The van der Waals surface area contributed by atoms with Crippen molar-refractivity contribution < 1.29 is 0 Å². The first-order valence-corrected chi connectivity index (χ1v) is 10.6. The molecule has 2 aliphatic rings. The second kappa shape index (κ2) is 7.63. The van der Waals surface area contributed by atoms with E-state index in [1.807, 2.05) is 17.9 Å². The molecule has 0 amide bonds. The predicted octanol–water partition coefficient (Wildman–Crippen LogP) is 2.47. The SMILES string of the molecule is Cc1cc(N2CCC(c3ccc(N4CCNCC4)cn3)CC2)c2cnn(C)c2n1. The maximum atomic E-state index is 4.84. The standard InChI is InChI=1S/C22H29N7/c1-16-13-21(19-15-25-27(2)22(19)26-16)29-9-5-17(6-10-29)20-4-3-18(14-24-20)28-11-7-23-8-12-28/h3-4,13-15,17,23H,5-12H2,1-2H3. The van der Waals surface area contributed by atoms with Crippen molar-refractivity contribution in [3.63, 3.8) is 0 Å². The van der Waals surface area contributed by atoms with Gasteiger partial charge in [0, 0.05) is 63.6 Å². The van der Waals surface area contributed by atoms with E-state index >= 15 is 0 Å². The van der Waals surface area contributed by atoms with Crippen molar-refractivity contribution in [2.75, 3.05) is 49.1 Å². The van der Waals surface area contributed by atoms with Crippen LogP contribution in [-0.2, 0) is 7.05 Å². The van der Waals surface area contributed by atoms with Crippen molar-refractivity contribution in [2.45, 2.75) is 25.7 Å². The Labute approximate surface area is 171 Å². The number of aromatic nitrogens is 4. The Hall–Kier alpha value is -2.67. The average Bonchev–Trinajstić information content (AvgIpc) is 3.15. The first kappa shape index (κ1) is 18.4. The second-order valence-electron chi connectivity index (χ2n) is 8.23. The number of hydrogen-bond donors (Lipinski definition) is 1. The maximum Gasteiger partial charge on any atom is 0.159 e. The molecule has 5 heterocycles. The normalized spacial score (nSPS) is 18.6. The maximum absolute atomic E-state index is 4.84. The molecule has 3 aromatic rings. The van der Waals surface area contributed by atoms with Crippen molar-refractivity contribution in [3.8, 4) is 0 Å². The van der Waals surface area contributed by atoms with E-state index in [1.165, 1.54) is 17.1 Å². The minimum atomic E-state index is 0.538. The van der Waals surface area contributed by atoms with Crippen LogP contribution in [0.1, 0.15) is 30.1 Å². The van der Waals surface area contributed by atoms with Crippen molar-refractivity contribution in [2.24, 2.45) is 7.05 Å². The Morgan fingerprint density at radius 3 is 2.52 bits per heavy atom. The third-order valence-electron chi connectivity index (χ3n) is 6.32. The lowest BCUT2D eigenvalue weighted by Crippen LogP contribution is -2.43. The molecule has 152 valence electrons. The minimum absolute atomic E-state index is 0.538. The van der Waals surface area contributed by atoms with Gasteiger partial charge in [-0.15, -0.1) is 0 Å². The van der Waals surface area contributed by atoms with Gasteiger partial charge in [0.15, 0.2) is 5.65 Å². The van der Waals surface area contributed by atoms with Crippen LogP contribution in [0.2, 0.25) is 0 Å². The summed E-state index contributed by atoms with van der Waals surface area (Å²) in [5.74, 6) is 0.538. The van der Waals surface area contributed by atoms with Gasteiger partial charge in [0.05, 0.1) is 29.2 Å². The Morgan fingerprint density at radius 2 is 1.79 bits per heavy atom. The Balaban J connectivity index is 1.28. The molecule has 3 aromatic heterocycles. The third-order valence-corrected chi connectivity index (χ3v) is 6.32. The van der Waals surface area contributed by atoms with Gasteiger partial charge in [-0.2, -0.15) is 5.10 Å². The van der Waals surface area contributed by atoms with Gasteiger partial charge in [-0.25, -0.2) is 4.98 Å². The molecule has 29 heavy (non-hydrogen) atoms. The van der Waals surface area contributed by atoms with Gasteiger partial charge in [0.2, 0.25) is 0 Å². The third kappa shape index (κ3) is 3.55. The van der Waals surface area contributed by atoms with E-state index in [0.717, 1.165) is 68.8 Å². The van der Waals surface area contributed by atoms with Crippen LogP contribution in [-0.4, -0.2) is 59.0 Å². The molecular weight excluding hydrogens is 362 g/mol. The van der Waals surface area contributed by atoms with Crippen LogP contribution >= 0.6 is 0 Å². The highest BCUT2D eigenvalue weighted by Gasteiger charge is 2.24.